The average Bonchev–Trinajstić information content (AvgIpc) is 2.85. The van der Waals surface area contributed by atoms with Gasteiger partial charge in [-0.15, -0.1) is 0 Å². The number of anilines is 1. The topological polar surface area (TPSA) is 86.8 Å². The van der Waals surface area contributed by atoms with Crippen molar-refractivity contribution in [1.29, 1.82) is 0 Å². The Morgan fingerprint density at radius 1 is 0.949 bits per heavy atom. The molecular weight excluding hydrogens is 564 g/mol. The zero-order valence-corrected chi connectivity index (χ0v) is 24.3. The van der Waals surface area contributed by atoms with Crippen molar-refractivity contribution in [2.45, 2.75) is 50.7 Å². The molecule has 0 bridgehead atoms. The quantitative estimate of drug-likeness (QED) is 0.347. The number of amides is 2. The SMILES string of the molecule is C[C@H](C(=O)NC(C)(C)C)N(Cc1ccccc1F)C(=O)CN(c1cccc(Cl)c1)S(=O)(=O)c1ccc(Cl)cc1. The molecule has 7 nitrogen and oxygen atoms in total. The fraction of sp³-hybridized carbons (Fsp3) is 0.286. The van der Waals surface area contributed by atoms with Crippen LogP contribution in [0.15, 0.2) is 77.7 Å². The summed E-state index contributed by atoms with van der Waals surface area (Å²) in [4.78, 5) is 28.0. The molecule has 208 valence electrons. The molecule has 0 fully saturated rings. The number of hydrogen-bond acceptors (Lipinski definition) is 4. The van der Waals surface area contributed by atoms with E-state index >= 15 is 0 Å². The maximum Gasteiger partial charge on any atom is 0.264 e. The van der Waals surface area contributed by atoms with E-state index in [1.165, 1.54) is 61.5 Å². The Kier molecular flexibility index (Phi) is 9.64. The molecule has 0 heterocycles. The minimum atomic E-state index is -4.28. The predicted octanol–water partition coefficient (Wildman–Crippen LogP) is 5.66. The van der Waals surface area contributed by atoms with Gasteiger partial charge in [-0.3, -0.25) is 13.9 Å². The summed E-state index contributed by atoms with van der Waals surface area (Å²) in [5, 5.41) is 3.42. The van der Waals surface area contributed by atoms with E-state index in [2.05, 4.69) is 5.32 Å². The number of rotatable bonds is 9. The maximum absolute atomic E-state index is 14.6. The van der Waals surface area contributed by atoms with Gasteiger partial charge in [-0.2, -0.15) is 0 Å². The van der Waals surface area contributed by atoms with Crippen molar-refractivity contribution in [3.63, 3.8) is 0 Å². The van der Waals surface area contributed by atoms with Crippen LogP contribution in [-0.2, 0) is 26.2 Å². The lowest BCUT2D eigenvalue weighted by molar-refractivity contribution is -0.140. The summed E-state index contributed by atoms with van der Waals surface area (Å²) >= 11 is 12.1. The van der Waals surface area contributed by atoms with E-state index in [1.807, 2.05) is 0 Å². The van der Waals surface area contributed by atoms with Crippen molar-refractivity contribution in [2.75, 3.05) is 10.8 Å². The molecule has 11 heteroatoms. The largest absolute Gasteiger partial charge is 0.350 e. The summed E-state index contributed by atoms with van der Waals surface area (Å²) in [6, 6.07) is 16.4. The summed E-state index contributed by atoms with van der Waals surface area (Å²) in [5.41, 5.74) is -0.275. The average molecular weight is 595 g/mol. The lowest BCUT2D eigenvalue weighted by Crippen LogP contribution is -2.54. The number of nitrogens with zero attached hydrogens (tertiary/aromatic N) is 2. The van der Waals surface area contributed by atoms with Gasteiger partial charge in [0.1, 0.15) is 18.4 Å². The van der Waals surface area contributed by atoms with Crippen LogP contribution in [0.3, 0.4) is 0 Å². The van der Waals surface area contributed by atoms with Crippen LogP contribution in [0.1, 0.15) is 33.3 Å². The molecule has 0 saturated heterocycles. The Bertz CT molecular complexity index is 1440. The highest BCUT2D eigenvalue weighted by molar-refractivity contribution is 7.92. The summed E-state index contributed by atoms with van der Waals surface area (Å²) < 4.78 is 43.0. The van der Waals surface area contributed by atoms with Crippen LogP contribution < -0.4 is 9.62 Å². The lowest BCUT2D eigenvalue weighted by Gasteiger charge is -2.33. The Hall–Kier alpha value is -3.14. The van der Waals surface area contributed by atoms with E-state index in [1.54, 1.807) is 39.0 Å². The fourth-order valence-electron chi connectivity index (χ4n) is 3.76. The van der Waals surface area contributed by atoms with Gasteiger partial charge in [-0.1, -0.05) is 47.5 Å². The standard InChI is InChI=1S/C28H30Cl2FN3O4S/c1-19(27(36)32-28(2,3)4)33(17-20-8-5-6-11-25(20)31)26(35)18-34(23-10-7-9-22(30)16-23)39(37,38)24-14-12-21(29)13-15-24/h5-16,19H,17-18H2,1-4H3,(H,32,36)/t19-/m1/s1. The van der Waals surface area contributed by atoms with E-state index < -0.39 is 45.8 Å². The number of sulfonamides is 1. The molecule has 1 N–H and O–H groups in total. The second-order valence-corrected chi connectivity index (χ2v) is 12.7. The van der Waals surface area contributed by atoms with Crippen molar-refractivity contribution in [3.05, 3.63) is 94.2 Å². The zero-order chi connectivity index (χ0) is 29.0. The number of nitrogens with one attached hydrogen (secondary N) is 1. The third-order valence-electron chi connectivity index (χ3n) is 5.74. The van der Waals surface area contributed by atoms with Gasteiger partial charge in [0.25, 0.3) is 10.0 Å². The molecular formula is C28H30Cl2FN3O4S. The van der Waals surface area contributed by atoms with Crippen LogP contribution >= 0.6 is 23.2 Å². The monoisotopic (exact) mass is 593 g/mol. The van der Waals surface area contributed by atoms with Crippen LogP contribution in [0.4, 0.5) is 10.1 Å². The van der Waals surface area contributed by atoms with E-state index in [0.717, 1.165) is 9.21 Å². The Morgan fingerprint density at radius 2 is 1.59 bits per heavy atom. The van der Waals surface area contributed by atoms with Crippen LogP contribution in [-0.4, -0.2) is 43.3 Å². The highest BCUT2D eigenvalue weighted by atomic mass is 35.5. The second-order valence-electron chi connectivity index (χ2n) is 9.97. The molecule has 0 aliphatic heterocycles. The fourth-order valence-corrected chi connectivity index (χ4v) is 5.48. The molecule has 0 radical (unpaired) electrons. The van der Waals surface area contributed by atoms with Gasteiger partial charge < -0.3 is 10.2 Å². The summed E-state index contributed by atoms with van der Waals surface area (Å²) in [5.74, 6) is -1.74. The second kappa shape index (κ2) is 12.4. The summed E-state index contributed by atoms with van der Waals surface area (Å²) in [6.07, 6.45) is 0. The van der Waals surface area contributed by atoms with Crippen LogP contribution in [0.5, 0.6) is 0 Å². The normalized spacial score (nSPS) is 12.5. The molecule has 0 aromatic heterocycles. The summed E-state index contributed by atoms with van der Waals surface area (Å²) in [7, 11) is -4.28. The number of carbonyl (C=O) groups excluding carboxylic acids is 2. The minimum Gasteiger partial charge on any atom is -0.350 e. The smallest absolute Gasteiger partial charge is 0.264 e. The van der Waals surface area contributed by atoms with E-state index in [-0.39, 0.29) is 27.7 Å². The van der Waals surface area contributed by atoms with Crippen LogP contribution in [0.25, 0.3) is 0 Å². The third-order valence-corrected chi connectivity index (χ3v) is 8.02. The Labute approximate surface area is 238 Å². The molecule has 39 heavy (non-hydrogen) atoms. The van der Waals surface area contributed by atoms with Gasteiger partial charge >= 0.3 is 0 Å². The zero-order valence-electron chi connectivity index (χ0n) is 22.0. The molecule has 0 aliphatic carbocycles. The van der Waals surface area contributed by atoms with Crippen molar-refractivity contribution < 1.29 is 22.4 Å². The van der Waals surface area contributed by atoms with Crippen molar-refractivity contribution in [2.24, 2.45) is 0 Å². The molecule has 3 aromatic carbocycles. The van der Waals surface area contributed by atoms with Gasteiger partial charge in [0, 0.05) is 27.7 Å². The summed E-state index contributed by atoms with van der Waals surface area (Å²) in [6.45, 7) is 5.96. The predicted molar refractivity (Wildman–Crippen MR) is 152 cm³/mol. The number of benzene rings is 3. The molecule has 0 aliphatic rings. The highest BCUT2D eigenvalue weighted by Crippen LogP contribution is 2.27. The Balaban J connectivity index is 2.05. The highest BCUT2D eigenvalue weighted by Gasteiger charge is 2.33. The van der Waals surface area contributed by atoms with E-state index in [4.69, 9.17) is 23.2 Å². The van der Waals surface area contributed by atoms with Gasteiger partial charge in [-0.25, -0.2) is 12.8 Å². The van der Waals surface area contributed by atoms with Crippen molar-refractivity contribution in [1.82, 2.24) is 10.2 Å². The first-order valence-electron chi connectivity index (χ1n) is 12.1. The first-order valence-corrected chi connectivity index (χ1v) is 14.3. The van der Waals surface area contributed by atoms with E-state index in [0.29, 0.717) is 5.02 Å². The van der Waals surface area contributed by atoms with Crippen molar-refractivity contribution >= 4 is 50.7 Å². The first-order chi connectivity index (χ1) is 18.2. The number of halogens is 3. The van der Waals surface area contributed by atoms with Gasteiger partial charge in [0.15, 0.2) is 0 Å². The molecule has 1 atom stereocenters. The van der Waals surface area contributed by atoms with Crippen LogP contribution in [0, 0.1) is 5.82 Å². The molecule has 2 amide bonds. The van der Waals surface area contributed by atoms with Gasteiger partial charge in [-0.05, 0) is 76.2 Å². The molecule has 0 spiro atoms. The minimum absolute atomic E-state index is 0.0983. The van der Waals surface area contributed by atoms with Crippen molar-refractivity contribution in [3.8, 4) is 0 Å². The number of carbonyl (C=O) groups is 2. The molecule has 3 aromatic rings. The lowest BCUT2D eigenvalue weighted by atomic mass is 10.1. The maximum atomic E-state index is 14.6. The van der Waals surface area contributed by atoms with Gasteiger partial charge in [0.05, 0.1) is 10.6 Å². The molecule has 0 unspecified atom stereocenters. The van der Waals surface area contributed by atoms with Gasteiger partial charge in [0.2, 0.25) is 11.8 Å². The molecule has 3 rings (SSSR count). The van der Waals surface area contributed by atoms with E-state index in [9.17, 15) is 22.4 Å². The first kappa shape index (κ1) is 30.4. The number of hydrogen-bond donors (Lipinski definition) is 1. The third kappa shape index (κ3) is 7.94. The van der Waals surface area contributed by atoms with Crippen LogP contribution in [0.2, 0.25) is 10.0 Å². The Morgan fingerprint density at radius 3 is 2.18 bits per heavy atom. The molecule has 0 saturated carbocycles.